The van der Waals surface area contributed by atoms with Crippen LogP contribution in [0.15, 0.2) is 97.1 Å². The van der Waals surface area contributed by atoms with Gasteiger partial charge in [0.1, 0.15) is 5.69 Å². The normalized spacial score (nSPS) is 13.5. The first-order valence-corrected chi connectivity index (χ1v) is 24.7. The lowest BCUT2D eigenvalue weighted by molar-refractivity contribution is 0.00578. The van der Waals surface area contributed by atoms with Gasteiger partial charge in [0.2, 0.25) is 0 Å². The van der Waals surface area contributed by atoms with E-state index in [0.29, 0.717) is 120 Å². The van der Waals surface area contributed by atoms with Crippen molar-refractivity contribution in [2.45, 2.75) is 77.7 Å². The molecule has 0 amide bonds. The van der Waals surface area contributed by atoms with Crippen molar-refractivity contribution in [3.05, 3.63) is 145 Å². The number of ether oxygens (including phenoxy) is 4. The largest absolute Gasteiger partial charge is 0.496 e. The Morgan fingerprint density at radius 3 is 1.63 bits per heavy atom. The summed E-state index contributed by atoms with van der Waals surface area (Å²) in [5.74, 6) is 2.48. The summed E-state index contributed by atoms with van der Waals surface area (Å²) in [6, 6.07) is 31.0. The predicted octanol–water partition coefficient (Wildman–Crippen LogP) is 11.1. The van der Waals surface area contributed by atoms with Crippen LogP contribution in [0.1, 0.15) is 63.3 Å². The Morgan fingerprint density at radius 2 is 1.03 bits per heavy atom. The molecule has 20 heteroatoms. The Bertz CT molecular complexity index is 2490. The van der Waals surface area contributed by atoms with Gasteiger partial charge in [0, 0.05) is 64.4 Å². The van der Waals surface area contributed by atoms with Gasteiger partial charge in [-0.1, -0.05) is 143 Å². The number of aryl methyl sites for hydroxylation is 2. The van der Waals surface area contributed by atoms with Gasteiger partial charge in [-0.25, -0.2) is 9.97 Å². The molecule has 0 atom stereocenters. The van der Waals surface area contributed by atoms with Crippen molar-refractivity contribution in [1.82, 2.24) is 30.4 Å². The fourth-order valence-electron chi connectivity index (χ4n) is 6.43. The first kappa shape index (κ1) is 56.7. The zero-order valence-corrected chi connectivity index (χ0v) is 44.1. The number of anilines is 2. The van der Waals surface area contributed by atoms with Gasteiger partial charge in [-0.05, 0) is 63.8 Å². The summed E-state index contributed by atoms with van der Waals surface area (Å²) in [5.41, 5.74) is 3.59. The number of hydrogen-bond acceptors (Lipinski definition) is 14. The van der Waals surface area contributed by atoms with Crippen LogP contribution in [0, 0.1) is 0 Å². The molecular formula is C50H60BCl5N8O6. The van der Waals surface area contributed by atoms with Gasteiger partial charge in [0.15, 0.2) is 28.4 Å². The fourth-order valence-corrected chi connectivity index (χ4v) is 7.36. The summed E-state index contributed by atoms with van der Waals surface area (Å²) >= 11 is 30.8. The van der Waals surface area contributed by atoms with Crippen LogP contribution in [0.4, 0.5) is 11.6 Å². The molecule has 3 heterocycles. The van der Waals surface area contributed by atoms with Crippen LogP contribution in [0.3, 0.4) is 0 Å². The lowest BCUT2D eigenvalue weighted by Crippen LogP contribution is -2.41. The molecule has 1 saturated heterocycles. The summed E-state index contributed by atoms with van der Waals surface area (Å²) in [4.78, 5) is 9.11. The van der Waals surface area contributed by atoms with Gasteiger partial charge in [-0.2, -0.15) is 0 Å². The van der Waals surface area contributed by atoms with E-state index in [2.05, 4.69) is 41.0 Å². The molecule has 0 radical (unpaired) electrons. The SMILES string of the molecule is CC1(C)OB(c2cccc(Cl)c2Cl)OC1(C)C.COCCCc1nnc(-c2cccc(Cl)c2Cl)c(NCc2ccccc2)n1.COCCOCCOCCCc1nnc(Cl)c(NCc2ccccc2)n1. The van der Waals surface area contributed by atoms with Gasteiger partial charge >= 0.3 is 7.12 Å². The van der Waals surface area contributed by atoms with Crippen LogP contribution < -0.4 is 16.1 Å². The second-order valence-corrected chi connectivity index (χ2v) is 18.6. The molecule has 0 saturated carbocycles. The van der Waals surface area contributed by atoms with Gasteiger partial charge in [-0.15, -0.1) is 20.4 Å². The van der Waals surface area contributed by atoms with Crippen molar-refractivity contribution in [2.75, 3.05) is 64.5 Å². The van der Waals surface area contributed by atoms with Crippen molar-refractivity contribution in [3.63, 3.8) is 0 Å². The highest BCUT2D eigenvalue weighted by Gasteiger charge is 2.52. The molecule has 70 heavy (non-hydrogen) atoms. The predicted molar refractivity (Wildman–Crippen MR) is 282 cm³/mol. The number of halogens is 5. The average Bonchev–Trinajstić information content (AvgIpc) is 3.58. The smallest absolute Gasteiger partial charge is 0.399 e. The molecule has 1 fully saturated rings. The monoisotopic (exact) mass is 1050 g/mol. The van der Waals surface area contributed by atoms with Crippen molar-refractivity contribution in [3.8, 4) is 11.3 Å². The molecule has 1 aliphatic rings. The Hall–Kier alpha value is -4.23. The highest BCUT2D eigenvalue weighted by molar-refractivity contribution is 6.66. The summed E-state index contributed by atoms with van der Waals surface area (Å²) in [5, 5.41) is 25.4. The molecule has 374 valence electrons. The lowest BCUT2D eigenvalue weighted by Gasteiger charge is -2.32. The van der Waals surface area contributed by atoms with E-state index in [1.165, 1.54) is 0 Å². The third-order valence-corrected chi connectivity index (χ3v) is 12.9. The molecule has 6 aromatic rings. The van der Waals surface area contributed by atoms with E-state index in [-0.39, 0.29) is 16.4 Å². The highest BCUT2D eigenvalue weighted by Crippen LogP contribution is 2.38. The first-order chi connectivity index (χ1) is 33.7. The van der Waals surface area contributed by atoms with Crippen molar-refractivity contribution >= 4 is 82.2 Å². The standard InChI is InChI=1S/C20H20Cl2N4O.C18H25ClN4O3.C12H15BCl2O2/c1-27-12-6-11-17-24-20(23-13-14-7-3-2-4-8-14)19(26-25-17)15-9-5-10-16(21)18(15)22;1-24-10-11-26-13-12-25-9-5-8-16-21-18(17(19)23-22-16)20-14-15-6-3-2-4-7-15;1-11(2)12(3,4)17-13(16-11)8-6-5-7-9(14)10(8)15/h2-5,7-10H,6,11-13H2,1H3,(H,23,24,25);2-4,6-7H,5,8-14H2,1H3,(H,20,21,22);5-7H,1-4H3. The molecule has 2 aromatic heterocycles. The zero-order chi connectivity index (χ0) is 50.4. The molecule has 0 bridgehead atoms. The summed E-state index contributed by atoms with van der Waals surface area (Å²) in [7, 11) is 2.86. The van der Waals surface area contributed by atoms with Crippen LogP contribution in [-0.4, -0.2) is 103 Å². The Labute approximate surface area is 436 Å². The van der Waals surface area contributed by atoms with Crippen molar-refractivity contribution in [1.29, 1.82) is 0 Å². The quantitative estimate of drug-likeness (QED) is 0.0489. The minimum Gasteiger partial charge on any atom is -0.399 e. The third kappa shape index (κ3) is 17.8. The van der Waals surface area contributed by atoms with E-state index in [1.54, 1.807) is 26.4 Å². The fraction of sp³-hybridized carbons (Fsp3) is 0.400. The molecule has 2 N–H and O–H groups in total. The lowest BCUT2D eigenvalue weighted by atomic mass is 9.79. The van der Waals surface area contributed by atoms with E-state index in [4.69, 9.17) is 86.3 Å². The Kier molecular flexibility index (Phi) is 23.8. The van der Waals surface area contributed by atoms with E-state index in [1.807, 2.05) is 113 Å². The van der Waals surface area contributed by atoms with Crippen LogP contribution in [0.5, 0.6) is 0 Å². The Balaban J connectivity index is 0.000000201. The topological polar surface area (TPSA) is 157 Å². The summed E-state index contributed by atoms with van der Waals surface area (Å²) < 4.78 is 32.7. The second kappa shape index (κ2) is 29.3. The third-order valence-electron chi connectivity index (χ3n) is 11.0. The second-order valence-electron chi connectivity index (χ2n) is 16.7. The highest BCUT2D eigenvalue weighted by atomic mass is 35.5. The van der Waals surface area contributed by atoms with E-state index < -0.39 is 7.12 Å². The van der Waals surface area contributed by atoms with Gasteiger partial charge < -0.3 is 38.9 Å². The molecule has 0 spiro atoms. The van der Waals surface area contributed by atoms with Gasteiger partial charge in [0.25, 0.3) is 0 Å². The van der Waals surface area contributed by atoms with E-state index in [9.17, 15) is 0 Å². The van der Waals surface area contributed by atoms with E-state index >= 15 is 0 Å². The molecule has 7 rings (SSSR count). The first-order valence-electron chi connectivity index (χ1n) is 22.8. The van der Waals surface area contributed by atoms with Crippen LogP contribution in [0.2, 0.25) is 25.2 Å². The van der Waals surface area contributed by atoms with E-state index in [0.717, 1.165) is 29.4 Å². The summed E-state index contributed by atoms with van der Waals surface area (Å²) in [6.45, 7) is 12.8. The minimum atomic E-state index is -0.466. The maximum Gasteiger partial charge on any atom is 0.496 e. The number of aromatic nitrogens is 6. The number of benzene rings is 4. The maximum atomic E-state index is 6.39. The molecule has 0 unspecified atom stereocenters. The van der Waals surface area contributed by atoms with Gasteiger partial charge in [0.05, 0.1) is 57.7 Å². The molecular weight excluding hydrogens is 997 g/mol. The molecule has 0 aliphatic carbocycles. The molecule has 14 nitrogen and oxygen atoms in total. The number of nitrogens with one attached hydrogen (secondary N) is 2. The van der Waals surface area contributed by atoms with Gasteiger partial charge in [-0.3, -0.25) is 0 Å². The minimum absolute atomic E-state index is 0.272. The molecule has 4 aromatic carbocycles. The van der Waals surface area contributed by atoms with Crippen LogP contribution in [0.25, 0.3) is 11.3 Å². The molecule has 1 aliphatic heterocycles. The zero-order valence-electron chi connectivity index (χ0n) is 40.3. The number of rotatable bonds is 22. The van der Waals surface area contributed by atoms with Crippen LogP contribution >= 0.6 is 58.0 Å². The number of nitrogens with zero attached hydrogens (tertiary/aromatic N) is 6. The number of hydrogen-bond donors (Lipinski definition) is 2. The Morgan fingerprint density at radius 1 is 0.529 bits per heavy atom. The maximum absolute atomic E-state index is 6.39. The number of methoxy groups -OCH3 is 2. The van der Waals surface area contributed by atoms with Crippen molar-refractivity contribution < 1.29 is 28.3 Å². The van der Waals surface area contributed by atoms with Crippen molar-refractivity contribution in [2.24, 2.45) is 0 Å². The summed E-state index contributed by atoms with van der Waals surface area (Å²) in [6.07, 6.45) is 2.99. The average molecular weight is 1060 g/mol. The van der Waals surface area contributed by atoms with Crippen LogP contribution in [-0.2, 0) is 54.2 Å².